The number of amides is 2. The smallest absolute Gasteiger partial charge is 0.347 e. The Morgan fingerprint density at radius 2 is 2.07 bits per heavy atom. The number of hydrogen-bond acceptors (Lipinski definition) is 4. The fraction of sp³-hybridized carbons (Fsp3) is 0.350. The molecule has 158 valence electrons. The summed E-state index contributed by atoms with van der Waals surface area (Å²) in [5.41, 5.74) is 1.68. The quantitative estimate of drug-likeness (QED) is 0.659. The second-order valence-corrected chi connectivity index (χ2v) is 8.26. The van der Waals surface area contributed by atoms with Crippen molar-refractivity contribution in [3.05, 3.63) is 58.2 Å². The lowest BCUT2D eigenvalue weighted by Gasteiger charge is -2.24. The molecule has 0 aliphatic carbocycles. The lowest BCUT2D eigenvalue weighted by Crippen LogP contribution is -2.33. The zero-order valence-electron chi connectivity index (χ0n) is 15.9. The molecule has 4 heterocycles. The molecule has 1 atom stereocenters. The number of thiophene rings is 1. The van der Waals surface area contributed by atoms with Crippen molar-refractivity contribution in [3.8, 4) is 0 Å². The van der Waals surface area contributed by atoms with Gasteiger partial charge in [0.15, 0.2) is 0 Å². The number of hydrogen-bond donors (Lipinski definition) is 1. The van der Waals surface area contributed by atoms with Gasteiger partial charge in [0.2, 0.25) is 5.91 Å². The van der Waals surface area contributed by atoms with Crippen LogP contribution in [0.1, 0.15) is 45.4 Å². The normalized spacial score (nSPS) is 16.9. The van der Waals surface area contributed by atoms with Gasteiger partial charge in [-0.25, -0.2) is 4.98 Å². The molecule has 6 nitrogen and oxygen atoms in total. The van der Waals surface area contributed by atoms with Crippen molar-refractivity contribution >= 4 is 28.8 Å². The predicted octanol–water partition coefficient (Wildman–Crippen LogP) is 3.94. The molecule has 0 aromatic carbocycles. The Balaban J connectivity index is 1.40. The van der Waals surface area contributed by atoms with Crippen LogP contribution in [0.15, 0.2) is 42.9 Å². The van der Waals surface area contributed by atoms with E-state index in [0.29, 0.717) is 30.8 Å². The van der Waals surface area contributed by atoms with Crippen LogP contribution in [0.3, 0.4) is 0 Å². The van der Waals surface area contributed by atoms with E-state index in [1.54, 1.807) is 18.3 Å². The summed E-state index contributed by atoms with van der Waals surface area (Å²) in [5, 5.41) is 2.85. The van der Waals surface area contributed by atoms with Gasteiger partial charge in [0.25, 0.3) is 5.91 Å². The monoisotopic (exact) mass is 436 g/mol. The topological polar surface area (TPSA) is 66.7 Å². The van der Waals surface area contributed by atoms with Crippen molar-refractivity contribution in [3.63, 3.8) is 0 Å². The molecule has 1 unspecified atom stereocenters. The summed E-state index contributed by atoms with van der Waals surface area (Å²) in [6.45, 7) is 0.629. The first kappa shape index (κ1) is 20.4. The van der Waals surface area contributed by atoms with Crippen LogP contribution in [-0.2, 0) is 11.3 Å². The van der Waals surface area contributed by atoms with Crippen LogP contribution in [0, 0.1) is 0 Å². The summed E-state index contributed by atoms with van der Waals surface area (Å²) in [5.74, 6) is -1.18. The highest BCUT2D eigenvalue weighted by molar-refractivity contribution is 7.14. The predicted molar refractivity (Wildman–Crippen MR) is 105 cm³/mol. The number of likely N-dealkylation sites (tertiary alicyclic amines) is 1. The average Bonchev–Trinajstić information content (AvgIpc) is 3.43. The summed E-state index contributed by atoms with van der Waals surface area (Å²) >= 11 is 1.21. The molecule has 0 bridgehead atoms. The van der Waals surface area contributed by atoms with E-state index in [1.165, 1.54) is 16.2 Å². The molecule has 3 aromatic rings. The Hall–Kier alpha value is -2.88. The van der Waals surface area contributed by atoms with Gasteiger partial charge in [0.1, 0.15) is 12.1 Å². The van der Waals surface area contributed by atoms with Crippen LogP contribution < -0.4 is 5.32 Å². The second kappa shape index (κ2) is 8.10. The summed E-state index contributed by atoms with van der Waals surface area (Å²) in [4.78, 5) is 31.2. The molecular formula is C20H19F3N4O2S. The molecule has 1 aliphatic heterocycles. The standard InChI is InChI=1S/C20H19F3N4O2S/c21-20(22,23)11-18(28)27-7-1-2-14(27)15-3-4-16(30-15)19(29)25-12-13-5-8-26-9-6-24-17(26)10-13/h3-6,8-10,14H,1-2,7,11-12H2,(H,25,29). The lowest BCUT2D eigenvalue weighted by molar-refractivity contribution is -0.162. The van der Waals surface area contributed by atoms with Gasteiger partial charge in [-0.2, -0.15) is 13.2 Å². The fourth-order valence-electron chi connectivity index (χ4n) is 3.62. The molecule has 0 radical (unpaired) electrons. The first-order chi connectivity index (χ1) is 14.3. The van der Waals surface area contributed by atoms with E-state index in [-0.39, 0.29) is 5.91 Å². The highest BCUT2D eigenvalue weighted by Crippen LogP contribution is 2.37. The molecule has 1 fully saturated rings. The zero-order valence-corrected chi connectivity index (χ0v) is 16.7. The highest BCUT2D eigenvalue weighted by atomic mass is 32.1. The molecular weight excluding hydrogens is 417 g/mol. The third-order valence-corrected chi connectivity index (χ3v) is 6.20. The molecule has 0 saturated carbocycles. The molecule has 4 rings (SSSR count). The SMILES string of the molecule is O=C(NCc1ccn2ccnc2c1)c1ccc(C2CCCN2C(=O)CC(F)(F)F)s1. The van der Waals surface area contributed by atoms with Crippen molar-refractivity contribution in [1.29, 1.82) is 0 Å². The van der Waals surface area contributed by atoms with Crippen LogP contribution in [0.2, 0.25) is 0 Å². The molecule has 0 spiro atoms. The molecule has 1 aliphatic rings. The maximum absolute atomic E-state index is 12.6. The molecule has 30 heavy (non-hydrogen) atoms. The molecule has 1 N–H and O–H groups in total. The van der Waals surface area contributed by atoms with E-state index in [2.05, 4.69) is 10.3 Å². The van der Waals surface area contributed by atoms with Crippen LogP contribution >= 0.6 is 11.3 Å². The number of imidazole rings is 1. The van der Waals surface area contributed by atoms with Crippen molar-refractivity contribution in [1.82, 2.24) is 19.6 Å². The summed E-state index contributed by atoms with van der Waals surface area (Å²) in [6.07, 6.45) is 0.639. The molecule has 3 aromatic heterocycles. The van der Waals surface area contributed by atoms with E-state index < -0.39 is 24.5 Å². The van der Waals surface area contributed by atoms with Gasteiger partial charge in [0, 0.05) is 36.6 Å². The number of rotatable bonds is 5. The summed E-state index contributed by atoms with van der Waals surface area (Å²) in [6, 6.07) is 6.73. The average molecular weight is 436 g/mol. The third-order valence-electron chi connectivity index (χ3n) is 5.02. The van der Waals surface area contributed by atoms with E-state index in [4.69, 9.17) is 0 Å². The maximum atomic E-state index is 12.6. The summed E-state index contributed by atoms with van der Waals surface area (Å²) < 4.78 is 39.6. The van der Waals surface area contributed by atoms with Gasteiger partial charge in [-0.3, -0.25) is 9.59 Å². The highest BCUT2D eigenvalue weighted by Gasteiger charge is 2.38. The van der Waals surface area contributed by atoms with Gasteiger partial charge in [-0.15, -0.1) is 11.3 Å². The van der Waals surface area contributed by atoms with Crippen LogP contribution in [0.25, 0.3) is 5.65 Å². The minimum Gasteiger partial charge on any atom is -0.347 e. The Morgan fingerprint density at radius 1 is 1.23 bits per heavy atom. The van der Waals surface area contributed by atoms with E-state index in [9.17, 15) is 22.8 Å². The van der Waals surface area contributed by atoms with Crippen LogP contribution in [0.4, 0.5) is 13.2 Å². The number of halogens is 3. The summed E-state index contributed by atoms with van der Waals surface area (Å²) in [7, 11) is 0. The number of nitrogens with zero attached hydrogens (tertiary/aromatic N) is 3. The second-order valence-electron chi connectivity index (χ2n) is 7.15. The van der Waals surface area contributed by atoms with Gasteiger partial charge in [0.05, 0.1) is 10.9 Å². The fourth-order valence-corrected chi connectivity index (χ4v) is 4.69. The van der Waals surface area contributed by atoms with Gasteiger partial charge >= 0.3 is 6.18 Å². The Bertz CT molecular complexity index is 1080. The van der Waals surface area contributed by atoms with Crippen molar-refractivity contribution in [2.45, 2.75) is 38.0 Å². The van der Waals surface area contributed by atoms with Crippen molar-refractivity contribution in [2.24, 2.45) is 0 Å². The van der Waals surface area contributed by atoms with Crippen molar-refractivity contribution < 1.29 is 22.8 Å². The maximum Gasteiger partial charge on any atom is 0.397 e. The van der Waals surface area contributed by atoms with E-state index in [0.717, 1.165) is 16.1 Å². The zero-order chi connectivity index (χ0) is 21.3. The Labute approximate surface area is 174 Å². The number of alkyl halides is 3. The minimum atomic E-state index is -4.52. The van der Waals surface area contributed by atoms with E-state index in [1.807, 2.05) is 28.9 Å². The molecule has 1 saturated heterocycles. The van der Waals surface area contributed by atoms with Crippen molar-refractivity contribution in [2.75, 3.05) is 6.54 Å². The van der Waals surface area contributed by atoms with Gasteiger partial charge < -0.3 is 14.6 Å². The minimum absolute atomic E-state index is 0.263. The number of aromatic nitrogens is 2. The third kappa shape index (κ3) is 4.48. The van der Waals surface area contributed by atoms with Crippen LogP contribution in [-0.4, -0.2) is 38.8 Å². The Kier molecular flexibility index (Phi) is 5.50. The lowest BCUT2D eigenvalue weighted by atomic mass is 10.2. The van der Waals surface area contributed by atoms with E-state index >= 15 is 0 Å². The number of fused-ring (bicyclic) bond motifs is 1. The number of nitrogens with one attached hydrogen (secondary N) is 1. The number of carbonyl (C=O) groups excluding carboxylic acids is 2. The largest absolute Gasteiger partial charge is 0.397 e. The van der Waals surface area contributed by atoms with Crippen LogP contribution in [0.5, 0.6) is 0 Å². The van der Waals surface area contributed by atoms with Gasteiger partial charge in [-0.05, 0) is 42.7 Å². The molecule has 2 amide bonds. The first-order valence-electron chi connectivity index (χ1n) is 9.46. The van der Waals surface area contributed by atoms with Gasteiger partial charge in [-0.1, -0.05) is 0 Å². The molecule has 10 heteroatoms. The first-order valence-corrected chi connectivity index (χ1v) is 10.3. The Morgan fingerprint density at radius 3 is 2.87 bits per heavy atom. The number of carbonyl (C=O) groups is 2. The number of pyridine rings is 1.